The van der Waals surface area contributed by atoms with Crippen LogP contribution in [0, 0.1) is 25.4 Å². The van der Waals surface area contributed by atoms with Crippen LogP contribution in [0.25, 0.3) is 6.08 Å². The number of nitrogens with zero attached hydrogens (tertiary/aromatic N) is 1. The molecule has 1 N–H and O–H groups in total. The van der Waals surface area contributed by atoms with Gasteiger partial charge >= 0.3 is 0 Å². The first kappa shape index (κ1) is 26.8. The number of nitrogens with one attached hydrogen (secondary N) is 1. The summed E-state index contributed by atoms with van der Waals surface area (Å²) in [6.45, 7) is 2.73. The monoisotopic (exact) mass is 694 g/mol. The minimum atomic E-state index is -0.463. The van der Waals surface area contributed by atoms with Gasteiger partial charge in [0.25, 0.3) is 5.91 Å². The maximum absolute atomic E-state index is 12.7. The molecule has 0 heterocycles. The first-order valence-electron chi connectivity index (χ1n) is 10.6. The lowest BCUT2D eigenvalue weighted by Gasteiger charge is -2.12. The second kappa shape index (κ2) is 12.8. The van der Waals surface area contributed by atoms with E-state index in [1.54, 1.807) is 32.4 Å². The summed E-state index contributed by atoms with van der Waals surface area (Å²) >= 11 is 4.42. The fraction of sp³-hybridized carbons (Fsp3) is 0.185. The van der Waals surface area contributed by atoms with Crippen LogP contribution in [-0.4, -0.2) is 20.1 Å². The average Bonchev–Trinajstić information content (AvgIpc) is 2.85. The Labute approximate surface area is 232 Å². The van der Waals surface area contributed by atoms with Gasteiger partial charge in [0.15, 0.2) is 0 Å². The number of carbonyl (C=O) groups excluding carboxylic acids is 1. The SMILES string of the molecule is COc1ccc(CNC(=O)/C(C#N)=C/c2cc(I)c(OCc3cccc(C)c3)c(I)c2)c(OC)c1. The molecule has 0 bridgehead atoms. The Hall–Kier alpha value is -2.78. The number of rotatable bonds is 9. The number of hydrogen-bond donors (Lipinski definition) is 1. The van der Waals surface area contributed by atoms with Crippen molar-refractivity contribution in [2.75, 3.05) is 14.2 Å². The second-order valence-electron chi connectivity index (χ2n) is 7.62. The van der Waals surface area contributed by atoms with Gasteiger partial charge in [-0.3, -0.25) is 4.79 Å². The number of halogens is 2. The van der Waals surface area contributed by atoms with E-state index in [0.717, 1.165) is 29.6 Å². The molecule has 1 amide bonds. The van der Waals surface area contributed by atoms with Gasteiger partial charge in [-0.25, -0.2) is 0 Å². The predicted molar refractivity (Wildman–Crippen MR) is 152 cm³/mol. The van der Waals surface area contributed by atoms with Crippen molar-refractivity contribution in [3.63, 3.8) is 0 Å². The lowest BCUT2D eigenvalue weighted by atomic mass is 10.1. The van der Waals surface area contributed by atoms with Crippen molar-refractivity contribution in [3.8, 4) is 23.3 Å². The molecule has 3 rings (SSSR count). The Morgan fingerprint density at radius 2 is 1.80 bits per heavy atom. The van der Waals surface area contributed by atoms with E-state index < -0.39 is 5.91 Å². The van der Waals surface area contributed by atoms with Gasteiger partial charge < -0.3 is 19.5 Å². The quantitative estimate of drug-likeness (QED) is 0.168. The molecule has 6 nitrogen and oxygen atoms in total. The average molecular weight is 694 g/mol. The van der Waals surface area contributed by atoms with Crippen LogP contribution in [0.3, 0.4) is 0 Å². The minimum Gasteiger partial charge on any atom is -0.497 e. The first-order chi connectivity index (χ1) is 16.8. The summed E-state index contributed by atoms with van der Waals surface area (Å²) in [5.74, 6) is 1.57. The number of hydrogen-bond acceptors (Lipinski definition) is 5. The molecule has 3 aromatic carbocycles. The van der Waals surface area contributed by atoms with E-state index in [0.29, 0.717) is 18.1 Å². The number of methoxy groups -OCH3 is 2. The van der Waals surface area contributed by atoms with Crippen molar-refractivity contribution in [3.05, 3.63) is 89.6 Å². The third-order valence-corrected chi connectivity index (χ3v) is 6.70. The highest BCUT2D eigenvalue weighted by atomic mass is 127. The molecular formula is C27H24I2N2O4. The maximum Gasteiger partial charge on any atom is 0.262 e. The van der Waals surface area contributed by atoms with Gasteiger partial charge in [-0.05, 0) is 93.6 Å². The van der Waals surface area contributed by atoms with E-state index in [2.05, 4.69) is 69.6 Å². The van der Waals surface area contributed by atoms with Crippen molar-refractivity contribution in [2.24, 2.45) is 0 Å². The third-order valence-electron chi connectivity index (χ3n) is 5.10. The van der Waals surface area contributed by atoms with Crippen LogP contribution in [0.2, 0.25) is 0 Å². The molecule has 0 spiro atoms. The summed E-state index contributed by atoms with van der Waals surface area (Å²) in [5.41, 5.74) is 3.81. The van der Waals surface area contributed by atoms with Crippen LogP contribution >= 0.6 is 45.2 Å². The molecule has 0 aromatic heterocycles. The Morgan fingerprint density at radius 1 is 1.06 bits per heavy atom. The van der Waals surface area contributed by atoms with Crippen molar-refractivity contribution >= 4 is 57.2 Å². The van der Waals surface area contributed by atoms with E-state index in [9.17, 15) is 10.1 Å². The zero-order valence-electron chi connectivity index (χ0n) is 19.5. The lowest BCUT2D eigenvalue weighted by molar-refractivity contribution is -0.117. The third kappa shape index (κ3) is 7.35. The fourth-order valence-electron chi connectivity index (χ4n) is 3.34. The summed E-state index contributed by atoms with van der Waals surface area (Å²) in [7, 11) is 3.13. The second-order valence-corrected chi connectivity index (χ2v) is 9.95. The van der Waals surface area contributed by atoms with Crippen LogP contribution in [-0.2, 0) is 17.9 Å². The molecule has 3 aromatic rings. The minimum absolute atomic E-state index is 0.0116. The Bertz CT molecular complexity index is 1280. The maximum atomic E-state index is 12.7. The molecule has 0 unspecified atom stereocenters. The van der Waals surface area contributed by atoms with Gasteiger partial charge in [0, 0.05) is 18.2 Å². The van der Waals surface area contributed by atoms with Crippen LogP contribution in [0.1, 0.15) is 22.3 Å². The van der Waals surface area contributed by atoms with Crippen molar-refractivity contribution < 1.29 is 19.0 Å². The van der Waals surface area contributed by atoms with Gasteiger partial charge in [-0.15, -0.1) is 0 Å². The Morgan fingerprint density at radius 3 is 2.43 bits per heavy atom. The van der Waals surface area contributed by atoms with Crippen LogP contribution < -0.4 is 19.5 Å². The smallest absolute Gasteiger partial charge is 0.262 e. The number of nitriles is 1. The summed E-state index contributed by atoms with van der Waals surface area (Å²) < 4.78 is 18.4. The van der Waals surface area contributed by atoms with Gasteiger partial charge in [0.2, 0.25) is 0 Å². The molecule has 0 aliphatic heterocycles. The topological polar surface area (TPSA) is 80.6 Å². The summed E-state index contributed by atoms with van der Waals surface area (Å²) in [6, 6.07) is 19.3. The summed E-state index contributed by atoms with van der Waals surface area (Å²) in [6.07, 6.45) is 1.58. The van der Waals surface area contributed by atoms with Crippen molar-refractivity contribution in [1.82, 2.24) is 5.32 Å². The number of carbonyl (C=O) groups is 1. The molecule has 0 radical (unpaired) electrons. The van der Waals surface area contributed by atoms with Crippen molar-refractivity contribution in [1.29, 1.82) is 5.26 Å². The molecule has 8 heteroatoms. The normalized spacial score (nSPS) is 10.9. The van der Waals surface area contributed by atoms with Gasteiger partial charge in [-0.1, -0.05) is 29.8 Å². The molecule has 180 valence electrons. The zero-order chi connectivity index (χ0) is 25.4. The predicted octanol–water partition coefficient (Wildman–Crippen LogP) is 6.02. The Balaban J connectivity index is 1.72. The van der Waals surface area contributed by atoms with E-state index >= 15 is 0 Å². The van der Waals surface area contributed by atoms with Gasteiger partial charge in [0.05, 0.1) is 21.4 Å². The van der Waals surface area contributed by atoms with Gasteiger partial charge in [0.1, 0.15) is 35.5 Å². The summed E-state index contributed by atoms with van der Waals surface area (Å²) in [5, 5.41) is 12.4. The molecule has 0 fully saturated rings. The van der Waals surface area contributed by atoms with Crippen LogP contribution in [0.15, 0.2) is 60.2 Å². The van der Waals surface area contributed by atoms with E-state index in [-0.39, 0.29) is 12.1 Å². The van der Waals surface area contributed by atoms with Crippen LogP contribution in [0.4, 0.5) is 0 Å². The fourth-order valence-corrected chi connectivity index (χ4v) is 5.47. The Kier molecular flexibility index (Phi) is 9.80. The standard InChI is InChI=1S/C27H24I2N2O4/c1-17-5-4-6-18(9-17)16-35-26-23(28)11-19(12-24(26)29)10-21(14-30)27(32)31-15-20-7-8-22(33-2)13-25(20)34-3/h4-13H,15-16H2,1-3H3,(H,31,32)/b21-10+. The molecule has 0 saturated carbocycles. The number of aryl methyl sites for hydroxylation is 1. The van der Waals surface area contributed by atoms with E-state index in [4.69, 9.17) is 14.2 Å². The van der Waals surface area contributed by atoms with Gasteiger partial charge in [-0.2, -0.15) is 5.26 Å². The molecule has 0 aliphatic carbocycles. The number of amides is 1. The van der Waals surface area contributed by atoms with Crippen LogP contribution in [0.5, 0.6) is 17.2 Å². The highest BCUT2D eigenvalue weighted by molar-refractivity contribution is 14.1. The van der Waals surface area contributed by atoms with E-state index in [1.165, 1.54) is 5.56 Å². The van der Waals surface area contributed by atoms with E-state index in [1.807, 2.05) is 36.4 Å². The zero-order valence-corrected chi connectivity index (χ0v) is 23.8. The lowest BCUT2D eigenvalue weighted by Crippen LogP contribution is -2.24. The first-order valence-corrected chi connectivity index (χ1v) is 12.8. The molecule has 0 aliphatic rings. The highest BCUT2D eigenvalue weighted by Crippen LogP contribution is 2.31. The highest BCUT2D eigenvalue weighted by Gasteiger charge is 2.14. The number of ether oxygens (including phenoxy) is 3. The molecule has 0 atom stereocenters. The molecule has 35 heavy (non-hydrogen) atoms. The number of benzene rings is 3. The molecular weight excluding hydrogens is 670 g/mol. The summed E-state index contributed by atoms with van der Waals surface area (Å²) in [4.78, 5) is 12.7. The largest absolute Gasteiger partial charge is 0.497 e. The van der Waals surface area contributed by atoms with Crippen molar-refractivity contribution in [2.45, 2.75) is 20.1 Å². The molecule has 0 saturated heterocycles.